The van der Waals surface area contributed by atoms with E-state index in [1.807, 2.05) is 0 Å². The van der Waals surface area contributed by atoms with E-state index in [1.165, 1.54) is 0 Å². The summed E-state index contributed by atoms with van der Waals surface area (Å²) in [5.41, 5.74) is 0. The Morgan fingerprint density at radius 3 is 2.29 bits per heavy atom. The zero-order chi connectivity index (χ0) is 5.28. The second-order valence-corrected chi connectivity index (χ2v) is 1.31. The maximum atomic E-state index is 8.50. The van der Waals surface area contributed by atoms with Gasteiger partial charge in [0.05, 0.1) is 6.61 Å². The van der Waals surface area contributed by atoms with E-state index >= 15 is 0 Å². The number of aliphatic hydroxyl groups excluding tert-OH is 2. The van der Waals surface area contributed by atoms with Crippen LogP contribution in [0.2, 0.25) is 0 Å². The number of hydrogen-bond donors (Lipinski definition) is 2. The van der Waals surface area contributed by atoms with Gasteiger partial charge in [0.1, 0.15) is 6.10 Å². The van der Waals surface area contributed by atoms with E-state index in [0.29, 0.717) is 0 Å². The summed E-state index contributed by atoms with van der Waals surface area (Å²) in [4.78, 5) is 8.30. The standard InChI is InChI=1S/C3H6O4/c4-1-2(5)3-6-7-3/h2-5H,1H2/t2-/m1/s1. The molecule has 4 heteroatoms. The van der Waals surface area contributed by atoms with Crippen molar-refractivity contribution in [3.8, 4) is 0 Å². The molecule has 1 atom stereocenters. The first-order valence-electron chi connectivity index (χ1n) is 1.95. The summed E-state index contributed by atoms with van der Waals surface area (Å²) in [5.74, 6) is 0. The maximum absolute atomic E-state index is 8.50. The molecular formula is C3H6O4. The smallest absolute Gasteiger partial charge is 0.252 e. The molecule has 0 amide bonds. The van der Waals surface area contributed by atoms with Crippen LogP contribution in [0, 0.1) is 0 Å². The Kier molecular flexibility index (Phi) is 1.25. The predicted octanol–water partition coefficient (Wildman–Crippen LogP) is -1.37. The summed E-state index contributed by atoms with van der Waals surface area (Å²) in [6.45, 7) is -0.315. The number of hydrogen-bond acceptors (Lipinski definition) is 4. The molecule has 0 radical (unpaired) electrons. The van der Waals surface area contributed by atoms with E-state index < -0.39 is 12.4 Å². The van der Waals surface area contributed by atoms with E-state index in [9.17, 15) is 0 Å². The fraction of sp³-hybridized carbons (Fsp3) is 1.00. The average Bonchev–Trinajstić information content (AvgIpc) is 2.44. The largest absolute Gasteiger partial charge is 0.393 e. The van der Waals surface area contributed by atoms with Crippen molar-refractivity contribution in [1.29, 1.82) is 0 Å². The van der Waals surface area contributed by atoms with Crippen LogP contribution in [0.25, 0.3) is 0 Å². The molecule has 1 aliphatic heterocycles. The monoisotopic (exact) mass is 106 g/mol. The van der Waals surface area contributed by atoms with Crippen molar-refractivity contribution in [2.24, 2.45) is 0 Å². The van der Waals surface area contributed by atoms with Gasteiger partial charge in [-0.15, -0.1) is 0 Å². The molecule has 0 aromatic carbocycles. The molecule has 0 unspecified atom stereocenters. The normalized spacial score (nSPS) is 24.9. The van der Waals surface area contributed by atoms with Crippen LogP contribution in [0.15, 0.2) is 0 Å². The van der Waals surface area contributed by atoms with Crippen molar-refractivity contribution < 1.29 is 20.0 Å². The zero-order valence-electron chi connectivity index (χ0n) is 3.57. The quantitative estimate of drug-likeness (QED) is 0.336. The Labute approximate surface area is 40.2 Å². The lowest BCUT2D eigenvalue weighted by Crippen LogP contribution is -2.18. The molecule has 0 bridgehead atoms. The molecule has 0 aromatic rings. The van der Waals surface area contributed by atoms with Gasteiger partial charge in [0.25, 0.3) is 6.29 Å². The first-order chi connectivity index (χ1) is 3.34. The minimum Gasteiger partial charge on any atom is -0.393 e. The molecule has 0 aromatic heterocycles. The van der Waals surface area contributed by atoms with Gasteiger partial charge in [0.2, 0.25) is 0 Å². The maximum Gasteiger partial charge on any atom is 0.252 e. The van der Waals surface area contributed by atoms with Crippen LogP contribution in [0.3, 0.4) is 0 Å². The molecule has 1 rings (SSSR count). The van der Waals surface area contributed by atoms with Gasteiger partial charge in [-0.05, 0) is 0 Å². The van der Waals surface area contributed by atoms with Crippen LogP contribution in [0.5, 0.6) is 0 Å². The molecule has 2 N–H and O–H groups in total. The minimum absolute atomic E-state index is 0.315. The topological polar surface area (TPSA) is 65.5 Å². The number of aliphatic hydroxyl groups is 2. The molecule has 1 saturated heterocycles. The van der Waals surface area contributed by atoms with Crippen LogP contribution in [0.4, 0.5) is 0 Å². The third-order valence-electron chi connectivity index (χ3n) is 0.709. The average molecular weight is 106 g/mol. The van der Waals surface area contributed by atoms with E-state index in [-0.39, 0.29) is 6.61 Å². The van der Waals surface area contributed by atoms with Crippen molar-refractivity contribution in [2.45, 2.75) is 12.4 Å². The summed E-state index contributed by atoms with van der Waals surface area (Å²) in [6, 6.07) is 0. The van der Waals surface area contributed by atoms with E-state index in [2.05, 4.69) is 9.78 Å². The molecule has 1 fully saturated rings. The lowest BCUT2D eigenvalue weighted by molar-refractivity contribution is 0.0701. The SMILES string of the molecule is OC[C@@H](O)C1OO1. The predicted molar refractivity (Wildman–Crippen MR) is 19.1 cm³/mol. The molecule has 42 valence electrons. The Morgan fingerprint density at radius 1 is 1.57 bits per heavy atom. The van der Waals surface area contributed by atoms with Crippen LogP contribution in [-0.2, 0) is 9.78 Å². The summed E-state index contributed by atoms with van der Waals surface area (Å²) < 4.78 is 0. The van der Waals surface area contributed by atoms with Gasteiger partial charge < -0.3 is 10.2 Å². The third kappa shape index (κ3) is 1.10. The molecule has 7 heavy (non-hydrogen) atoms. The van der Waals surface area contributed by atoms with Gasteiger partial charge in [-0.1, -0.05) is 0 Å². The fourth-order valence-corrected chi connectivity index (χ4v) is 0.246. The van der Waals surface area contributed by atoms with Crippen molar-refractivity contribution in [3.05, 3.63) is 0 Å². The van der Waals surface area contributed by atoms with Gasteiger partial charge in [-0.25, -0.2) is 0 Å². The second kappa shape index (κ2) is 1.75. The molecule has 0 saturated carbocycles. The summed E-state index contributed by atoms with van der Waals surface area (Å²) in [5, 5.41) is 16.6. The lowest BCUT2D eigenvalue weighted by atomic mass is 10.4. The highest BCUT2D eigenvalue weighted by Crippen LogP contribution is 2.15. The Morgan fingerprint density at radius 2 is 2.14 bits per heavy atom. The van der Waals surface area contributed by atoms with Crippen LogP contribution in [-0.4, -0.2) is 29.2 Å². The molecule has 1 aliphatic rings. The van der Waals surface area contributed by atoms with Crippen molar-refractivity contribution in [3.63, 3.8) is 0 Å². The lowest BCUT2D eigenvalue weighted by Gasteiger charge is -1.93. The van der Waals surface area contributed by atoms with Crippen molar-refractivity contribution >= 4 is 0 Å². The number of rotatable bonds is 2. The highest BCUT2D eigenvalue weighted by Gasteiger charge is 2.33. The highest BCUT2D eigenvalue weighted by molar-refractivity contribution is 4.59. The van der Waals surface area contributed by atoms with E-state index in [1.54, 1.807) is 0 Å². The molecular weight excluding hydrogens is 100 g/mol. The first kappa shape index (κ1) is 4.99. The van der Waals surface area contributed by atoms with Gasteiger partial charge >= 0.3 is 0 Å². The first-order valence-corrected chi connectivity index (χ1v) is 1.95. The Balaban J connectivity index is 2.10. The molecule has 1 heterocycles. The summed E-state index contributed by atoms with van der Waals surface area (Å²) >= 11 is 0. The van der Waals surface area contributed by atoms with Crippen LogP contribution >= 0.6 is 0 Å². The van der Waals surface area contributed by atoms with Crippen molar-refractivity contribution in [1.82, 2.24) is 0 Å². The Bertz CT molecular complexity index is 60.0. The van der Waals surface area contributed by atoms with Gasteiger partial charge in [0.15, 0.2) is 0 Å². The van der Waals surface area contributed by atoms with Crippen LogP contribution < -0.4 is 0 Å². The van der Waals surface area contributed by atoms with E-state index in [0.717, 1.165) is 0 Å². The highest BCUT2D eigenvalue weighted by atomic mass is 17.4. The fourth-order valence-electron chi connectivity index (χ4n) is 0.246. The van der Waals surface area contributed by atoms with Crippen LogP contribution in [0.1, 0.15) is 0 Å². The molecule has 0 spiro atoms. The Hall–Kier alpha value is -0.160. The van der Waals surface area contributed by atoms with Gasteiger partial charge in [-0.2, -0.15) is 9.78 Å². The summed E-state index contributed by atoms with van der Waals surface area (Å²) in [6.07, 6.45) is -1.45. The summed E-state index contributed by atoms with van der Waals surface area (Å²) in [7, 11) is 0. The second-order valence-electron chi connectivity index (χ2n) is 1.31. The molecule has 0 aliphatic carbocycles. The third-order valence-corrected chi connectivity index (χ3v) is 0.709. The molecule has 4 nitrogen and oxygen atoms in total. The van der Waals surface area contributed by atoms with E-state index in [4.69, 9.17) is 10.2 Å². The van der Waals surface area contributed by atoms with Gasteiger partial charge in [-0.3, -0.25) is 0 Å². The zero-order valence-corrected chi connectivity index (χ0v) is 3.57. The van der Waals surface area contributed by atoms with Crippen molar-refractivity contribution in [2.75, 3.05) is 6.61 Å². The minimum atomic E-state index is -0.875. The van der Waals surface area contributed by atoms with Gasteiger partial charge in [0, 0.05) is 0 Å².